The normalized spacial score (nSPS) is 21.0. The molecule has 1 atom stereocenters. The number of halogens is 1. The van der Waals surface area contributed by atoms with E-state index in [0.29, 0.717) is 36.0 Å². The zero-order valence-corrected chi connectivity index (χ0v) is 13.4. The van der Waals surface area contributed by atoms with Crippen LogP contribution in [0.3, 0.4) is 0 Å². The van der Waals surface area contributed by atoms with Crippen molar-refractivity contribution < 1.29 is 29.0 Å². The number of cyclic esters (lactones) is 1. The highest BCUT2D eigenvalue weighted by Crippen LogP contribution is 2.33. The van der Waals surface area contributed by atoms with Crippen molar-refractivity contribution in [3.05, 3.63) is 23.2 Å². The average Bonchev–Trinajstić information content (AvgIpc) is 2.88. The van der Waals surface area contributed by atoms with Crippen LogP contribution in [0, 0.1) is 0 Å². The van der Waals surface area contributed by atoms with Gasteiger partial charge in [-0.05, 0) is 24.6 Å². The van der Waals surface area contributed by atoms with Gasteiger partial charge >= 0.3 is 12.2 Å². The van der Waals surface area contributed by atoms with E-state index in [1.807, 2.05) is 0 Å². The molecule has 0 radical (unpaired) electrons. The SMILES string of the molecule is O=C(O)OC1CC(=O)N(c2ccc(N3CCCOC3=O)c(Cl)c2)C1. The molecule has 128 valence electrons. The number of carbonyl (C=O) groups excluding carboxylic acids is 2. The first-order valence-corrected chi connectivity index (χ1v) is 7.77. The number of rotatable bonds is 3. The van der Waals surface area contributed by atoms with E-state index in [2.05, 4.69) is 4.74 Å². The van der Waals surface area contributed by atoms with Crippen molar-refractivity contribution in [3.8, 4) is 0 Å². The zero-order valence-electron chi connectivity index (χ0n) is 12.6. The highest BCUT2D eigenvalue weighted by molar-refractivity contribution is 6.34. The number of benzene rings is 1. The quantitative estimate of drug-likeness (QED) is 0.838. The van der Waals surface area contributed by atoms with Crippen LogP contribution < -0.4 is 9.80 Å². The molecule has 0 bridgehead atoms. The Kier molecular flexibility index (Phi) is 4.48. The summed E-state index contributed by atoms with van der Waals surface area (Å²) in [5, 5.41) is 8.95. The molecule has 1 N–H and O–H groups in total. The Labute approximate surface area is 142 Å². The largest absolute Gasteiger partial charge is 0.506 e. The first kappa shape index (κ1) is 16.4. The summed E-state index contributed by atoms with van der Waals surface area (Å²) in [6, 6.07) is 4.87. The number of carboxylic acid groups (broad SMARTS) is 1. The van der Waals surface area contributed by atoms with E-state index in [1.54, 1.807) is 18.2 Å². The van der Waals surface area contributed by atoms with Crippen molar-refractivity contribution in [2.75, 3.05) is 29.5 Å². The molecule has 2 heterocycles. The summed E-state index contributed by atoms with van der Waals surface area (Å²) in [6.07, 6.45) is -1.87. The lowest BCUT2D eigenvalue weighted by Gasteiger charge is -2.27. The summed E-state index contributed by atoms with van der Waals surface area (Å²) in [6.45, 7) is 1.03. The zero-order chi connectivity index (χ0) is 17.3. The van der Waals surface area contributed by atoms with Gasteiger partial charge in [0.15, 0.2) is 0 Å². The number of anilines is 2. The van der Waals surface area contributed by atoms with Crippen molar-refractivity contribution in [3.63, 3.8) is 0 Å². The Bertz CT molecular complexity index is 695. The third-order valence-electron chi connectivity index (χ3n) is 3.86. The Balaban J connectivity index is 1.78. The lowest BCUT2D eigenvalue weighted by Crippen LogP contribution is -2.37. The molecule has 2 saturated heterocycles. The highest BCUT2D eigenvalue weighted by atomic mass is 35.5. The molecule has 0 aromatic heterocycles. The van der Waals surface area contributed by atoms with Crippen LogP contribution in [-0.4, -0.2) is 49.1 Å². The van der Waals surface area contributed by atoms with E-state index in [1.165, 1.54) is 9.80 Å². The van der Waals surface area contributed by atoms with Crippen LogP contribution in [0.4, 0.5) is 21.0 Å². The number of hydrogen-bond acceptors (Lipinski definition) is 5. The van der Waals surface area contributed by atoms with E-state index in [9.17, 15) is 14.4 Å². The maximum Gasteiger partial charge on any atom is 0.506 e. The van der Waals surface area contributed by atoms with Crippen molar-refractivity contribution in [2.24, 2.45) is 0 Å². The molecule has 1 aromatic carbocycles. The molecule has 0 saturated carbocycles. The summed E-state index contributed by atoms with van der Waals surface area (Å²) in [5.74, 6) is -0.248. The van der Waals surface area contributed by atoms with Gasteiger partial charge in [0.05, 0.1) is 30.3 Å². The van der Waals surface area contributed by atoms with Crippen LogP contribution in [0.25, 0.3) is 0 Å². The number of ether oxygens (including phenoxy) is 2. The minimum atomic E-state index is -1.41. The van der Waals surface area contributed by atoms with E-state index in [0.717, 1.165) is 0 Å². The fraction of sp³-hybridized carbons (Fsp3) is 0.400. The maximum absolute atomic E-state index is 12.0. The van der Waals surface area contributed by atoms with Crippen LogP contribution in [0.15, 0.2) is 18.2 Å². The van der Waals surface area contributed by atoms with Crippen LogP contribution in [-0.2, 0) is 14.3 Å². The summed E-state index contributed by atoms with van der Waals surface area (Å²) < 4.78 is 9.64. The van der Waals surface area contributed by atoms with E-state index in [4.69, 9.17) is 21.4 Å². The third kappa shape index (κ3) is 3.23. The topological polar surface area (TPSA) is 96.4 Å². The molecule has 2 aliphatic rings. The number of amides is 2. The molecule has 0 spiro atoms. The molecule has 8 nitrogen and oxygen atoms in total. The first-order chi connectivity index (χ1) is 11.5. The summed E-state index contributed by atoms with van der Waals surface area (Å²) in [4.78, 5) is 37.3. The van der Waals surface area contributed by atoms with Crippen LogP contribution >= 0.6 is 11.6 Å². The second-order valence-electron chi connectivity index (χ2n) is 5.47. The summed E-state index contributed by atoms with van der Waals surface area (Å²) >= 11 is 6.26. The predicted molar refractivity (Wildman–Crippen MR) is 84.6 cm³/mol. The van der Waals surface area contributed by atoms with Crippen LogP contribution in [0.1, 0.15) is 12.8 Å². The predicted octanol–water partition coefficient (Wildman–Crippen LogP) is 2.49. The molecule has 0 aliphatic carbocycles. The van der Waals surface area contributed by atoms with Gasteiger partial charge in [-0.25, -0.2) is 9.59 Å². The summed E-state index contributed by atoms with van der Waals surface area (Å²) in [5.41, 5.74) is 1.03. The van der Waals surface area contributed by atoms with Crippen molar-refractivity contribution in [1.29, 1.82) is 0 Å². The van der Waals surface area contributed by atoms with Crippen molar-refractivity contribution in [2.45, 2.75) is 18.9 Å². The minimum absolute atomic E-state index is 0.00980. The lowest BCUT2D eigenvalue weighted by molar-refractivity contribution is -0.117. The minimum Gasteiger partial charge on any atom is -0.450 e. The molecule has 2 fully saturated rings. The standard InChI is InChI=1S/C15H15ClN2O6/c16-11-6-9(18-8-10(7-13(18)19)24-15(21)22)2-3-12(11)17-4-1-5-23-14(17)20/h2-3,6,10H,1,4-5,7-8H2,(H,21,22). The molecule has 2 aliphatic heterocycles. The smallest absolute Gasteiger partial charge is 0.450 e. The van der Waals surface area contributed by atoms with Gasteiger partial charge in [0.25, 0.3) is 0 Å². The number of carbonyl (C=O) groups is 3. The van der Waals surface area contributed by atoms with Gasteiger partial charge in [0.2, 0.25) is 5.91 Å². The highest BCUT2D eigenvalue weighted by Gasteiger charge is 2.34. The molecular formula is C15H15ClN2O6. The molecule has 2 amide bonds. The Hall–Kier alpha value is -2.48. The van der Waals surface area contributed by atoms with Gasteiger partial charge in [0.1, 0.15) is 6.10 Å². The van der Waals surface area contributed by atoms with Gasteiger partial charge in [-0.1, -0.05) is 11.6 Å². The van der Waals surface area contributed by atoms with Crippen molar-refractivity contribution in [1.82, 2.24) is 0 Å². The van der Waals surface area contributed by atoms with Crippen LogP contribution in [0.2, 0.25) is 5.02 Å². The van der Waals surface area contributed by atoms with Gasteiger partial charge in [-0.3, -0.25) is 9.69 Å². The monoisotopic (exact) mass is 354 g/mol. The van der Waals surface area contributed by atoms with E-state index < -0.39 is 18.4 Å². The second-order valence-corrected chi connectivity index (χ2v) is 5.88. The lowest BCUT2D eigenvalue weighted by atomic mass is 10.2. The molecule has 3 rings (SSSR count). The Morgan fingerprint density at radius 1 is 1.33 bits per heavy atom. The Morgan fingerprint density at radius 3 is 2.79 bits per heavy atom. The fourth-order valence-corrected chi connectivity index (χ4v) is 3.08. The molecule has 1 unspecified atom stereocenters. The number of nitrogens with zero attached hydrogens (tertiary/aromatic N) is 2. The van der Waals surface area contributed by atoms with Gasteiger partial charge in [-0.2, -0.15) is 0 Å². The summed E-state index contributed by atoms with van der Waals surface area (Å²) in [7, 11) is 0. The van der Waals surface area contributed by atoms with Gasteiger partial charge in [0, 0.05) is 12.2 Å². The average molecular weight is 355 g/mol. The number of hydrogen-bond donors (Lipinski definition) is 1. The second kappa shape index (κ2) is 6.56. The van der Waals surface area contributed by atoms with Gasteiger partial charge in [-0.15, -0.1) is 0 Å². The van der Waals surface area contributed by atoms with E-state index >= 15 is 0 Å². The van der Waals surface area contributed by atoms with E-state index in [-0.39, 0.29) is 18.9 Å². The first-order valence-electron chi connectivity index (χ1n) is 7.39. The van der Waals surface area contributed by atoms with Crippen LogP contribution in [0.5, 0.6) is 0 Å². The molecule has 24 heavy (non-hydrogen) atoms. The van der Waals surface area contributed by atoms with Gasteiger partial charge < -0.3 is 19.5 Å². The maximum atomic E-state index is 12.0. The Morgan fingerprint density at radius 2 is 2.12 bits per heavy atom. The van der Waals surface area contributed by atoms with Crippen molar-refractivity contribution >= 4 is 41.1 Å². The third-order valence-corrected chi connectivity index (χ3v) is 4.17. The molecular weight excluding hydrogens is 340 g/mol. The molecule has 9 heteroatoms. The molecule has 1 aromatic rings. The fourth-order valence-electron chi connectivity index (χ4n) is 2.80.